The Labute approximate surface area is 99.0 Å². The Kier molecular flexibility index (Phi) is 8.69. The normalized spacial score (nSPS) is 12.9. The average Bonchev–Trinajstić information content (AvgIpc) is 2.02. The molecule has 0 aliphatic heterocycles. The van der Waals surface area contributed by atoms with Gasteiger partial charge in [0.25, 0.3) is 0 Å². The summed E-state index contributed by atoms with van der Waals surface area (Å²) in [5.74, 6) is 0.657. The first-order valence-electron chi connectivity index (χ1n) is 5.45. The van der Waals surface area contributed by atoms with Crippen LogP contribution in [0.4, 0.5) is 0 Å². The van der Waals surface area contributed by atoms with Gasteiger partial charge in [0.2, 0.25) is 4.38 Å². The summed E-state index contributed by atoms with van der Waals surface area (Å²) in [5.41, 5.74) is 0. The van der Waals surface area contributed by atoms with E-state index in [9.17, 15) is 0 Å². The summed E-state index contributed by atoms with van der Waals surface area (Å²) < 4.78 is 5.88. The van der Waals surface area contributed by atoms with Crippen LogP contribution in [0.1, 0.15) is 52.9 Å². The monoisotopic (exact) mass is 234 g/mol. The third-order valence-electron chi connectivity index (χ3n) is 2.13. The van der Waals surface area contributed by atoms with E-state index >= 15 is 0 Å². The highest BCUT2D eigenvalue weighted by molar-refractivity contribution is 8.10. The SMILES string of the molecule is CCCCCC(CC(C)C)OC(=S)S. The van der Waals surface area contributed by atoms with Crippen LogP contribution in [0, 0.1) is 5.92 Å². The summed E-state index contributed by atoms with van der Waals surface area (Å²) in [6.07, 6.45) is 6.20. The van der Waals surface area contributed by atoms with E-state index in [0.717, 1.165) is 12.8 Å². The fraction of sp³-hybridized carbons (Fsp3) is 0.909. The Bertz CT molecular complexity index is 157. The van der Waals surface area contributed by atoms with E-state index in [-0.39, 0.29) is 6.10 Å². The predicted octanol–water partition coefficient (Wildman–Crippen LogP) is 4.21. The molecule has 0 amide bonds. The lowest BCUT2D eigenvalue weighted by molar-refractivity contribution is 0.159. The molecule has 0 aliphatic rings. The van der Waals surface area contributed by atoms with Gasteiger partial charge < -0.3 is 4.74 Å². The van der Waals surface area contributed by atoms with Crippen molar-refractivity contribution in [1.29, 1.82) is 0 Å². The lowest BCUT2D eigenvalue weighted by atomic mass is 10.0. The van der Waals surface area contributed by atoms with E-state index in [1.807, 2.05) is 0 Å². The molecule has 1 atom stereocenters. The smallest absolute Gasteiger partial charge is 0.217 e. The van der Waals surface area contributed by atoms with E-state index < -0.39 is 0 Å². The van der Waals surface area contributed by atoms with Gasteiger partial charge in [-0.05, 0) is 37.4 Å². The third-order valence-corrected chi connectivity index (χ3v) is 2.33. The number of rotatable bonds is 7. The molecule has 0 radical (unpaired) electrons. The van der Waals surface area contributed by atoms with Crippen LogP contribution < -0.4 is 0 Å². The Balaban J connectivity index is 3.78. The van der Waals surface area contributed by atoms with Crippen LogP contribution in [0.5, 0.6) is 0 Å². The molecular formula is C11H22OS2. The summed E-state index contributed by atoms with van der Waals surface area (Å²) in [5, 5.41) is 0. The minimum Gasteiger partial charge on any atom is -0.475 e. The summed E-state index contributed by atoms with van der Waals surface area (Å²) >= 11 is 8.86. The van der Waals surface area contributed by atoms with Gasteiger partial charge in [0.15, 0.2) is 0 Å². The summed E-state index contributed by atoms with van der Waals surface area (Å²) in [6, 6.07) is 0. The average molecular weight is 234 g/mol. The first-order chi connectivity index (χ1) is 6.56. The molecule has 0 saturated heterocycles. The molecule has 84 valence electrons. The van der Waals surface area contributed by atoms with Crippen LogP contribution in [-0.4, -0.2) is 10.5 Å². The highest BCUT2D eigenvalue weighted by Gasteiger charge is 2.12. The molecule has 14 heavy (non-hydrogen) atoms. The zero-order valence-electron chi connectivity index (χ0n) is 9.45. The van der Waals surface area contributed by atoms with Gasteiger partial charge in [0.1, 0.15) is 6.10 Å². The Morgan fingerprint density at radius 2 is 2.00 bits per heavy atom. The van der Waals surface area contributed by atoms with Crippen LogP contribution in [0.3, 0.4) is 0 Å². The third kappa shape index (κ3) is 8.82. The van der Waals surface area contributed by atoms with Crippen molar-refractivity contribution in [2.75, 3.05) is 0 Å². The van der Waals surface area contributed by atoms with Crippen LogP contribution in [-0.2, 0) is 4.74 Å². The van der Waals surface area contributed by atoms with E-state index in [1.165, 1.54) is 19.3 Å². The zero-order valence-corrected chi connectivity index (χ0v) is 11.2. The fourth-order valence-corrected chi connectivity index (χ4v) is 1.80. The first-order valence-corrected chi connectivity index (χ1v) is 6.31. The molecule has 3 heteroatoms. The van der Waals surface area contributed by atoms with Crippen molar-refractivity contribution in [3.8, 4) is 0 Å². The van der Waals surface area contributed by atoms with Gasteiger partial charge in [-0.2, -0.15) is 0 Å². The molecule has 0 bridgehead atoms. The van der Waals surface area contributed by atoms with E-state index in [2.05, 4.69) is 33.4 Å². The molecule has 0 N–H and O–H groups in total. The lowest BCUT2D eigenvalue weighted by Crippen LogP contribution is -2.16. The highest BCUT2D eigenvalue weighted by Crippen LogP contribution is 2.16. The Morgan fingerprint density at radius 3 is 2.43 bits per heavy atom. The molecule has 1 unspecified atom stereocenters. The Morgan fingerprint density at radius 1 is 1.36 bits per heavy atom. The highest BCUT2D eigenvalue weighted by atomic mass is 32.1. The van der Waals surface area contributed by atoms with Crippen molar-refractivity contribution in [3.05, 3.63) is 0 Å². The molecule has 0 rings (SSSR count). The van der Waals surface area contributed by atoms with Gasteiger partial charge in [0, 0.05) is 0 Å². The summed E-state index contributed by atoms with van der Waals surface area (Å²) in [7, 11) is 0. The van der Waals surface area contributed by atoms with E-state index in [1.54, 1.807) is 0 Å². The zero-order chi connectivity index (χ0) is 11.0. The van der Waals surface area contributed by atoms with Crippen molar-refractivity contribution < 1.29 is 4.74 Å². The fourth-order valence-electron chi connectivity index (χ4n) is 1.52. The Hall–Kier alpha value is 0.240. The molecule has 0 aromatic rings. The first kappa shape index (κ1) is 14.2. The van der Waals surface area contributed by atoms with Crippen LogP contribution in [0.2, 0.25) is 0 Å². The molecule has 0 saturated carbocycles. The molecule has 0 aliphatic carbocycles. The molecule has 0 aromatic heterocycles. The molecule has 1 nitrogen and oxygen atoms in total. The van der Waals surface area contributed by atoms with Crippen molar-refractivity contribution in [2.45, 2.75) is 59.0 Å². The van der Waals surface area contributed by atoms with Crippen molar-refractivity contribution in [2.24, 2.45) is 5.92 Å². The second kappa shape index (κ2) is 8.54. The summed E-state index contributed by atoms with van der Waals surface area (Å²) in [6.45, 7) is 6.62. The van der Waals surface area contributed by atoms with E-state index in [4.69, 9.17) is 17.0 Å². The number of hydrogen-bond donors (Lipinski definition) is 1. The summed E-state index contributed by atoms with van der Waals surface area (Å²) in [4.78, 5) is 0. The second-order valence-electron chi connectivity index (χ2n) is 4.13. The maximum absolute atomic E-state index is 5.50. The number of hydrogen-bond acceptors (Lipinski definition) is 2. The van der Waals surface area contributed by atoms with Gasteiger partial charge in [-0.25, -0.2) is 0 Å². The lowest BCUT2D eigenvalue weighted by Gasteiger charge is -2.19. The van der Waals surface area contributed by atoms with Gasteiger partial charge in [-0.15, -0.1) is 0 Å². The standard InChI is InChI=1S/C11H22OS2/c1-4-5-6-7-10(8-9(2)3)12-11(13)14/h9-10H,4-8H2,1-3H3,(H,13,14). The predicted molar refractivity (Wildman–Crippen MR) is 70.1 cm³/mol. The maximum Gasteiger partial charge on any atom is 0.217 e. The van der Waals surface area contributed by atoms with E-state index in [0.29, 0.717) is 10.3 Å². The van der Waals surface area contributed by atoms with Gasteiger partial charge in [0.05, 0.1) is 0 Å². The molecular weight excluding hydrogens is 212 g/mol. The van der Waals surface area contributed by atoms with Crippen molar-refractivity contribution in [1.82, 2.24) is 0 Å². The van der Waals surface area contributed by atoms with Gasteiger partial charge in [-0.3, -0.25) is 0 Å². The number of thiocarbonyl (C=S) groups is 1. The van der Waals surface area contributed by atoms with Crippen LogP contribution in [0.15, 0.2) is 0 Å². The topological polar surface area (TPSA) is 9.23 Å². The second-order valence-corrected chi connectivity index (χ2v) is 5.21. The number of ether oxygens (including phenoxy) is 1. The van der Waals surface area contributed by atoms with Gasteiger partial charge >= 0.3 is 0 Å². The molecule has 0 fully saturated rings. The van der Waals surface area contributed by atoms with Crippen LogP contribution in [0.25, 0.3) is 0 Å². The minimum absolute atomic E-state index is 0.270. The largest absolute Gasteiger partial charge is 0.475 e. The quantitative estimate of drug-likeness (QED) is 0.401. The molecule has 0 spiro atoms. The van der Waals surface area contributed by atoms with Crippen molar-refractivity contribution in [3.63, 3.8) is 0 Å². The maximum atomic E-state index is 5.50. The van der Waals surface area contributed by atoms with Crippen LogP contribution >= 0.6 is 24.8 Å². The number of unbranched alkanes of at least 4 members (excludes halogenated alkanes) is 2. The number of thiol groups is 1. The minimum atomic E-state index is 0.270. The molecule has 0 heterocycles. The van der Waals surface area contributed by atoms with Gasteiger partial charge in [-0.1, -0.05) is 46.2 Å². The van der Waals surface area contributed by atoms with Crippen molar-refractivity contribution >= 4 is 29.2 Å². The molecule has 0 aromatic carbocycles.